The van der Waals surface area contributed by atoms with Crippen LogP contribution in [0.5, 0.6) is 0 Å². The molecule has 7 heteroatoms. The van der Waals surface area contributed by atoms with E-state index in [0.717, 1.165) is 22.3 Å². The molecule has 0 saturated heterocycles. The molecular formula is C25H26N2O5. The van der Waals surface area contributed by atoms with Gasteiger partial charge in [-0.25, -0.2) is 9.59 Å². The summed E-state index contributed by atoms with van der Waals surface area (Å²) in [6, 6.07) is 16.2. The first kappa shape index (κ1) is 21.6. The molecule has 4 rings (SSSR count). The molecule has 0 atom stereocenters. The monoisotopic (exact) mass is 434 g/mol. The number of amides is 2. The number of carboxylic acid groups (broad SMARTS) is 1. The number of benzene rings is 2. The molecule has 0 unspecified atom stereocenters. The molecule has 0 spiro atoms. The number of ether oxygens (including phenoxy) is 1. The molecule has 166 valence electrons. The van der Waals surface area contributed by atoms with Crippen LogP contribution in [0.4, 0.5) is 4.79 Å². The molecule has 0 aromatic heterocycles. The number of alkyl carbamates (subject to hydrolysis) is 1. The van der Waals surface area contributed by atoms with Gasteiger partial charge in [0, 0.05) is 24.6 Å². The van der Waals surface area contributed by atoms with Crippen LogP contribution in [0.1, 0.15) is 37.3 Å². The van der Waals surface area contributed by atoms with Crippen molar-refractivity contribution in [1.29, 1.82) is 0 Å². The number of nitrogens with zero attached hydrogens (tertiary/aromatic N) is 1. The maximum atomic E-state index is 12.9. The number of aliphatic carboxylic acids is 1. The molecule has 7 nitrogen and oxygen atoms in total. The van der Waals surface area contributed by atoms with Gasteiger partial charge in [0.05, 0.1) is 0 Å². The van der Waals surface area contributed by atoms with E-state index in [1.807, 2.05) is 36.4 Å². The first-order chi connectivity index (χ1) is 15.3. The normalized spacial score (nSPS) is 15.4. The highest BCUT2D eigenvalue weighted by molar-refractivity contribution is 5.91. The quantitative estimate of drug-likeness (QED) is 0.750. The van der Waals surface area contributed by atoms with Gasteiger partial charge in [-0.1, -0.05) is 54.6 Å². The Morgan fingerprint density at radius 1 is 1.06 bits per heavy atom. The van der Waals surface area contributed by atoms with Gasteiger partial charge in [-0.2, -0.15) is 0 Å². The van der Waals surface area contributed by atoms with Crippen molar-refractivity contribution in [3.63, 3.8) is 0 Å². The molecule has 1 aliphatic carbocycles. The van der Waals surface area contributed by atoms with Crippen molar-refractivity contribution in [2.75, 3.05) is 19.7 Å². The van der Waals surface area contributed by atoms with Crippen molar-refractivity contribution in [3.8, 4) is 11.1 Å². The van der Waals surface area contributed by atoms with E-state index < -0.39 is 17.6 Å². The van der Waals surface area contributed by atoms with Crippen LogP contribution in [0, 0.1) is 0 Å². The lowest BCUT2D eigenvalue weighted by molar-refractivity contribution is -0.138. The predicted molar refractivity (Wildman–Crippen MR) is 119 cm³/mol. The second-order valence-electron chi connectivity index (χ2n) is 8.61. The third-order valence-corrected chi connectivity index (χ3v) is 6.06. The van der Waals surface area contributed by atoms with E-state index in [4.69, 9.17) is 9.84 Å². The minimum atomic E-state index is -1.18. The summed E-state index contributed by atoms with van der Waals surface area (Å²) in [4.78, 5) is 38.1. The van der Waals surface area contributed by atoms with Crippen molar-refractivity contribution in [2.24, 2.45) is 0 Å². The molecule has 32 heavy (non-hydrogen) atoms. The van der Waals surface area contributed by atoms with Crippen molar-refractivity contribution in [1.82, 2.24) is 10.2 Å². The number of carboxylic acids is 1. The molecule has 0 fully saturated rings. The molecule has 2 aromatic carbocycles. The van der Waals surface area contributed by atoms with Gasteiger partial charge in [0.2, 0.25) is 5.91 Å². The Bertz CT molecular complexity index is 1060. The summed E-state index contributed by atoms with van der Waals surface area (Å²) in [5.74, 6) is -1.31. The van der Waals surface area contributed by atoms with Crippen molar-refractivity contribution in [2.45, 2.75) is 31.7 Å². The van der Waals surface area contributed by atoms with Gasteiger partial charge in [0.25, 0.3) is 0 Å². The third-order valence-electron chi connectivity index (χ3n) is 6.06. The van der Waals surface area contributed by atoms with E-state index >= 15 is 0 Å². The maximum absolute atomic E-state index is 12.9. The Morgan fingerprint density at radius 2 is 1.66 bits per heavy atom. The lowest BCUT2D eigenvalue weighted by Crippen LogP contribution is -2.56. The highest BCUT2D eigenvalue weighted by Gasteiger charge is 2.36. The largest absolute Gasteiger partial charge is 0.478 e. The first-order valence-corrected chi connectivity index (χ1v) is 10.6. The molecule has 2 aliphatic rings. The Kier molecular flexibility index (Phi) is 5.74. The zero-order valence-corrected chi connectivity index (χ0v) is 18.1. The average Bonchev–Trinajstić information content (AvgIpc) is 3.11. The zero-order valence-electron chi connectivity index (χ0n) is 18.1. The fourth-order valence-electron chi connectivity index (χ4n) is 4.39. The fraction of sp³-hybridized carbons (Fsp3) is 0.320. The number of hydrogen-bond acceptors (Lipinski definition) is 4. The molecule has 0 radical (unpaired) electrons. The van der Waals surface area contributed by atoms with Gasteiger partial charge in [0.1, 0.15) is 12.1 Å². The van der Waals surface area contributed by atoms with E-state index in [0.29, 0.717) is 12.1 Å². The second kappa shape index (κ2) is 8.49. The molecule has 2 aromatic rings. The molecule has 1 aliphatic heterocycles. The van der Waals surface area contributed by atoms with E-state index in [2.05, 4.69) is 17.4 Å². The van der Waals surface area contributed by atoms with Crippen LogP contribution >= 0.6 is 0 Å². The molecule has 1 heterocycles. The van der Waals surface area contributed by atoms with E-state index in [1.165, 1.54) is 11.0 Å². The average molecular weight is 434 g/mol. The van der Waals surface area contributed by atoms with Crippen LogP contribution < -0.4 is 5.32 Å². The fourth-order valence-corrected chi connectivity index (χ4v) is 4.39. The van der Waals surface area contributed by atoms with Gasteiger partial charge in [-0.3, -0.25) is 4.79 Å². The summed E-state index contributed by atoms with van der Waals surface area (Å²) in [6.07, 6.45) is 1.15. The predicted octanol–water partition coefficient (Wildman–Crippen LogP) is 3.55. The van der Waals surface area contributed by atoms with Gasteiger partial charge in [-0.05, 0) is 42.5 Å². The maximum Gasteiger partial charge on any atom is 0.408 e. The van der Waals surface area contributed by atoms with Gasteiger partial charge in [-0.15, -0.1) is 0 Å². The topological polar surface area (TPSA) is 95.9 Å². The van der Waals surface area contributed by atoms with Crippen LogP contribution in [0.2, 0.25) is 0 Å². The number of fused-ring (bicyclic) bond motifs is 3. The smallest absolute Gasteiger partial charge is 0.408 e. The summed E-state index contributed by atoms with van der Waals surface area (Å²) < 4.78 is 5.55. The van der Waals surface area contributed by atoms with Crippen molar-refractivity contribution >= 4 is 18.0 Å². The summed E-state index contributed by atoms with van der Waals surface area (Å²) >= 11 is 0. The van der Waals surface area contributed by atoms with Crippen LogP contribution in [0.25, 0.3) is 11.1 Å². The SMILES string of the molecule is CC(C)(NC(=O)OCC1c2ccccc2-c2ccccc21)C(=O)N1CC=C(C(=O)O)CC1. The molecular weight excluding hydrogens is 408 g/mol. The minimum Gasteiger partial charge on any atom is -0.478 e. The van der Waals surface area contributed by atoms with E-state index in [9.17, 15) is 14.4 Å². The minimum absolute atomic E-state index is 0.0614. The number of nitrogens with one attached hydrogen (secondary N) is 1. The lowest BCUT2D eigenvalue weighted by Gasteiger charge is -2.33. The van der Waals surface area contributed by atoms with Gasteiger partial charge in [0.15, 0.2) is 0 Å². The lowest BCUT2D eigenvalue weighted by atomic mass is 9.98. The van der Waals surface area contributed by atoms with Crippen LogP contribution in [0.3, 0.4) is 0 Å². The summed E-state index contributed by atoms with van der Waals surface area (Å²) in [5, 5.41) is 11.7. The Labute approximate surface area is 186 Å². The van der Waals surface area contributed by atoms with Crippen molar-refractivity contribution < 1.29 is 24.2 Å². The number of rotatable bonds is 5. The highest BCUT2D eigenvalue weighted by Crippen LogP contribution is 2.44. The molecule has 0 saturated carbocycles. The third kappa shape index (κ3) is 4.10. The highest BCUT2D eigenvalue weighted by atomic mass is 16.5. The van der Waals surface area contributed by atoms with Crippen LogP contribution in [-0.2, 0) is 14.3 Å². The Balaban J connectivity index is 1.39. The summed E-state index contributed by atoms with van der Waals surface area (Å²) in [6.45, 7) is 3.90. The summed E-state index contributed by atoms with van der Waals surface area (Å²) in [5.41, 5.74) is 3.64. The number of hydrogen-bond donors (Lipinski definition) is 2. The Morgan fingerprint density at radius 3 is 2.19 bits per heavy atom. The first-order valence-electron chi connectivity index (χ1n) is 10.6. The van der Waals surface area contributed by atoms with Crippen LogP contribution in [0.15, 0.2) is 60.2 Å². The number of carbonyl (C=O) groups is 3. The Hall–Kier alpha value is -3.61. The van der Waals surface area contributed by atoms with Gasteiger partial charge < -0.3 is 20.1 Å². The molecule has 0 bridgehead atoms. The van der Waals surface area contributed by atoms with Crippen LogP contribution in [-0.4, -0.2) is 53.2 Å². The van der Waals surface area contributed by atoms with E-state index in [1.54, 1.807) is 13.8 Å². The number of carbonyl (C=O) groups excluding carboxylic acids is 2. The zero-order chi connectivity index (χ0) is 22.9. The molecule has 2 amide bonds. The van der Waals surface area contributed by atoms with Gasteiger partial charge >= 0.3 is 12.1 Å². The summed E-state index contributed by atoms with van der Waals surface area (Å²) in [7, 11) is 0. The molecule has 2 N–H and O–H groups in total. The van der Waals surface area contributed by atoms with E-state index in [-0.39, 0.29) is 31.4 Å². The second-order valence-corrected chi connectivity index (χ2v) is 8.61. The van der Waals surface area contributed by atoms with Crippen molar-refractivity contribution in [3.05, 3.63) is 71.3 Å². The standard InChI is InChI=1S/C25H26N2O5/c1-25(2,23(30)27-13-11-16(12-14-27)22(28)29)26-24(31)32-15-21-19-9-5-3-7-17(19)18-8-4-6-10-20(18)21/h3-11,21H,12-15H2,1-2H3,(H,26,31)(H,28,29).